The van der Waals surface area contributed by atoms with E-state index in [2.05, 4.69) is 0 Å². The molecular formula is C9H10ClF2NO. The van der Waals surface area contributed by atoms with E-state index in [1.165, 1.54) is 25.3 Å². The maximum atomic E-state index is 13.3. The van der Waals surface area contributed by atoms with E-state index in [1.807, 2.05) is 0 Å². The molecule has 0 radical (unpaired) electrons. The van der Waals surface area contributed by atoms with Crippen LogP contribution in [0.5, 0.6) is 5.75 Å². The van der Waals surface area contributed by atoms with Crippen LogP contribution in [0.15, 0.2) is 18.2 Å². The molecule has 0 fully saturated rings. The van der Waals surface area contributed by atoms with Crippen molar-refractivity contribution in [3.63, 3.8) is 0 Å². The number of hydrogen-bond acceptors (Lipinski definition) is 2. The summed E-state index contributed by atoms with van der Waals surface area (Å²) < 4.78 is 31.4. The molecule has 1 aromatic rings. The minimum Gasteiger partial charge on any atom is -0.496 e. The number of rotatable bonds is 3. The molecule has 0 unspecified atom stereocenters. The molecule has 0 saturated carbocycles. The van der Waals surface area contributed by atoms with Crippen molar-refractivity contribution in [1.82, 2.24) is 0 Å². The topological polar surface area (TPSA) is 35.2 Å². The molecule has 0 bridgehead atoms. The van der Waals surface area contributed by atoms with Gasteiger partial charge >= 0.3 is 0 Å². The molecule has 1 rings (SSSR count). The maximum Gasteiger partial charge on any atom is 0.290 e. The van der Waals surface area contributed by atoms with Gasteiger partial charge in [0.15, 0.2) is 0 Å². The van der Waals surface area contributed by atoms with E-state index in [9.17, 15) is 8.78 Å². The average molecular weight is 222 g/mol. The van der Waals surface area contributed by atoms with Crippen molar-refractivity contribution in [1.29, 1.82) is 0 Å². The van der Waals surface area contributed by atoms with Crippen molar-refractivity contribution in [2.24, 2.45) is 5.73 Å². The van der Waals surface area contributed by atoms with Crippen LogP contribution in [0.1, 0.15) is 5.56 Å². The number of ether oxygens (including phenoxy) is 1. The molecule has 0 aliphatic rings. The summed E-state index contributed by atoms with van der Waals surface area (Å²) in [4.78, 5) is 0. The van der Waals surface area contributed by atoms with Crippen LogP contribution in [-0.4, -0.2) is 13.7 Å². The Labute approximate surface area is 85.6 Å². The summed E-state index contributed by atoms with van der Waals surface area (Å²) >= 11 is 5.66. The smallest absolute Gasteiger partial charge is 0.290 e. The molecule has 2 nitrogen and oxygen atoms in total. The summed E-state index contributed by atoms with van der Waals surface area (Å²) in [6.45, 7) is -0.799. The monoisotopic (exact) mass is 221 g/mol. The fourth-order valence-electron chi connectivity index (χ4n) is 1.13. The summed E-state index contributed by atoms with van der Waals surface area (Å²) in [6, 6.07) is 4.34. The predicted molar refractivity (Wildman–Crippen MR) is 51.0 cm³/mol. The lowest BCUT2D eigenvalue weighted by Gasteiger charge is -2.18. The molecule has 0 spiro atoms. The summed E-state index contributed by atoms with van der Waals surface area (Å²) in [5, 5.41) is -0.0419. The zero-order chi connectivity index (χ0) is 10.8. The van der Waals surface area contributed by atoms with E-state index in [0.717, 1.165) is 0 Å². The molecule has 0 aliphatic carbocycles. The number of halogens is 3. The molecule has 0 heterocycles. The lowest BCUT2D eigenvalue weighted by molar-refractivity contribution is 0.00382. The van der Waals surface area contributed by atoms with Crippen LogP contribution in [-0.2, 0) is 5.92 Å². The Bertz CT molecular complexity index is 331. The lowest BCUT2D eigenvalue weighted by atomic mass is 10.1. The third kappa shape index (κ3) is 1.96. The molecule has 0 amide bonds. The molecule has 0 atom stereocenters. The molecule has 0 saturated heterocycles. The van der Waals surface area contributed by atoms with Gasteiger partial charge in [-0.3, -0.25) is 0 Å². The summed E-state index contributed by atoms with van der Waals surface area (Å²) in [5.41, 5.74) is 4.61. The predicted octanol–water partition coefficient (Wildman–Crippen LogP) is 2.40. The van der Waals surface area contributed by atoms with Crippen LogP contribution in [0, 0.1) is 0 Å². The van der Waals surface area contributed by atoms with E-state index < -0.39 is 12.5 Å². The normalized spacial score (nSPS) is 11.5. The van der Waals surface area contributed by atoms with E-state index in [0.29, 0.717) is 0 Å². The van der Waals surface area contributed by atoms with Crippen LogP contribution in [0.2, 0.25) is 5.02 Å². The quantitative estimate of drug-likeness (QED) is 0.851. The van der Waals surface area contributed by atoms with E-state index >= 15 is 0 Å². The van der Waals surface area contributed by atoms with Crippen molar-refractivity contribution in [3.8, 4) is 5.75 Å². The molecule has 5 heteroatoms. The minimum atomic E-state index is -3.16. The fraction of sp³-hybridized carbons (Fsp3) is 0.333. The molecule has 2 N–H and O–H groups in total. The van der Waals surface area contributed by atoms with Gasteiger partial charge in [0.05, 0.1) is 24.2 Å². The molecule has 0 aromatic heterocycles. The number of benzene rings is 1. The minimum absolute atomic E-state index is 0.0419. The van der Waals surface area contributed by atoms with Crippen molar-refractivity contribution in [3.05, 3.63) is 28.8 Å². The highest BCUT2D eigenvalue weighted by molar-refractivity contribution is 6.31. The van der Waals surface area contributed by atoms with Gasteiger partial charge in [-0.05, 0) is 12.1 Å². The second-order valence-electron chi connectivity index (χ2n) is 2.73. The van der Waals surface area contributed by atoms with Gasteiger partial charge in [0, 0.05) is 0 Å². The molecule has 78 valence electrons. The van der Waals surface area contributed by atoms with Crippen LogP contribution in [0.3, 0.4) is 0 Å². The van der Waals surface area contributed by atoms with Crippen molar-refractivity contribution in [2.45, 2.75) is 5.92 Å². The summed E-state index contributed by atoms with van der Waals surface area (Å²) in [7, 11) is 1.31. The highest BCUT2D eigenvalue weighted by Crippen LogP contribution is 2.38. The van der Waals surface area contributed by atoms with Crippen LogP contribution >= 0.6 is 11.6 Å². The van der Waals surface area contributed by atoms with Gasteiger partial charge in [-0.1, -0.05) is 17.7 Å². The summed E-state index contributed by atoms with van der Waals surface area (Å²) in [5.74, 6) is -3.11. The second kappa shape index (κ2) is 4.11. The first kappa shape index (κ1) is 11.2. The summed E-state index contributed by atoms with van der Waals surface area (Å²) in [6.07, 6.45) is 0. The lowest BCUT2D eigenvalue weighted by Crippen LogP contribution is -2.26. The third-order valence-corrected chi connectivity index (χ3v) is 2.13. The zero-order valence-corrected chi connectivity index (χ0v) is 8.31. The highest BCUT2D eigenvalue weighted by Gasteiger charge is 2.35. The van der Waals surface area contributed by atoms with Crippen molar-refractivity contribution >= 4 is 11.6 Å². The Morgan fingerprint density at radius 2 is 2.14 bits per heavy atom. The van der Waals surface area contributed by atoms with E-state index in [-0.39, 0.29) is 16.3 Å². The van der Waals surface area contributed by atoms with Gasteiger partial charge in [-0.2, -0.15) is 8.78 Å². The van der Waals surface area contributed by atoms with Gasteiger partial charge in [-0.25, -0.2) is 0 Å². The van der Waals surface area contributed by atoms with Crippen LogP contribution in [0.25, 0.3) is 0 Å². The van der Waals surface area contributed by atoms with E-state index in [1.54, 1.807) is 0 Å². The van der Waals surface area contributed by atoms with Gasteiger partial charge in [0.1, 0.15) is 5.75 Å². The molecule has 0 aliphatic heterocycles. The standard InChI is InChI=1S/C9H10ClF2NO/c1-14-7-4-2-3-6(10)8(7)9(11,12)5-13/h2-4H,5,13H2,1H3. The Balaban J connectivity index is 3.30. The molecule has 1 aromatic carbocycles. The molecular weight excluding hydrogens is 212 g/mol. The van der Waals surface area contributed by atoms with Crippen LogP contribution < -0.4 is 10.5 Å². The fourth-order valence-corrected chi connectivity index (χ4v) is 1.44. The first-order valence-corrected chi connectivity index (χ1v) is 4.31. The first-order chi connectivity index (χ1) is 6.53. The van der Waals surface area contributed by atoms with Gasteiger partial charge < -0.3 is 10.5 Å². The Morgan fingerprint density at radius 3 is 2.64 bits per heavy atom. The molecule has 14 heavy (non-hydrogen) atoms. The highest BCUT2D eigenvalue weighted by atomic mass is 35.5. The van der Waals surface area contributed by atoms with Crippen LogP contribution in [0.4, 0.5) is 8.78 Å². The van der Waals surface area contributed by atoms with Gasteiger partial charge in [-0.15, -0.1) is 0 Å². The number of hydrogen-bond donors (Lipinski definition) is 1. The van der Waals surface area contributed by atoms with Crippen molar-refractivity contribution in [2.75, 3.05) is 13.7 Å². The Morgan fingerprint density at radius 1 is 1.50 bits per heavy atom. The van der Waals surface area contributed by atoms with Gasteiger partial charge in [0.2, 0.25) is 0 Å². The average Bonchev–Trinajstić information content (AvgIpc) is 2.17. The number of nitrogens with two attached hydrogens (primary N) is 1. The van der Waals surface area contributed by atoms with E-state index in [4.69, 9.17) is 22.1 Å². The Hall–Kier alpha value is -0.870. The maximum absolute atomic E-state index is 13.3. The SMILES string of the molecule is COc1cccc(Cl)c1C(F)(F)CN. The second-order valence-corrected chi connectivity index (χ2v) is 3.13. The Kier molecular flexibility index (Phi) is 3.29. The van der Waals surface area contributed by atoms with Gasteiger partial charge in [0.25, 0.3) is 5.92 Å². The largest absolute Gasteiger partial charge is 0.496 e. The van der Waals surface area contributed by atoms with Crippen molar-refractivity contribution < 1.29 is 13.5 Å². The third-order valence-electron chi connectivity index (χ3n) is 1.82. The number of methoxy groups -OCH3 is 1. The first-order valence-electron chi connectivity index (χ1n) is 3.94. The number of alkyl halides is 2. The zero-order valence-electron chi connectivity index (χ0n) is 7.56.